The number of pyridine rings is 1. The Kier molecular flexibility index (Phi) is 4.82. The maximum absolute atomic E-state index is 12.3. The standard InChI is InChI=1S/C23H24N4O.H2/c1-23(20-15-25-27(2)16-20)11-10-18-14-24-21(12-19(18)13-23)26-22(28)9-8-17-6-4-3-5-7-17;/h3-7,10,12-16H,8-9,11H2,1-2H3,(H,26,28);1H. The molecule has 0 radical (unpaired) electrons. The molecule has 0 spiro atoms. The predicted octanol–water partition coefficient (Wildman–Crippen LogP) is 2.56. The molecule has 1 aromatic carbocycles. The van der Waals surface area contributed by atoms with Gasteiger partial charge in [-0.1, -0.05) is 49.4 Å². The van der Waals surface area contributed by atoms with Gasteiger partial charge < -0.3 is 5.32 Å². The van der Waals surface area contributed by atoms with Crippen molar-refractivity contribution in [1.82, 2.24) is 14.8 Å². The zero-order valence-electron chi connectivity index (χ0n) is 16.2. The van der Waals surface area contributed by atoms with Crippen molar-refractivity contribution in [2.75, 3.05) is 5.32 Å². The first-order chi connectivity index (χ1) is 13.5. The fraction of sp³-hybridized carbons (Fsp3) is 0.261. The molecule has 0 saturated heterocycles. The van der Waals surface area contributed by atoms with E-state index in [-0.39, 0.29) is 12.7 Å². The van der Waals surface area contributed by atoms with Gasteiger partial charge in [0.2, 0.25) is 5.91 Å². The molecule has 2 heterocycles. The summed E-state index contributed by atoms with van der Waals surface area (Å²) in [5, 5.41) is 9.43. The van der Waals surface area contributed by atoms with E-state index in [1.165, 1.54) is 5.56 Å². The quantitative estimate of drug-likeness (QED) is 0.747. The van der Waals surface area contributed by atoms with Gasteiger partial charge in [0.05, 0.1) is 6.20 Å². The number of nitrogens with one attached hydrogen (secondary N) is 1. The molecule has 2 aromatic heterocycles. The number of aryl methyl sites for hydroxylation is 2. The van der Waals surface area contributed by atoms with Crippen LogP contribution in [0.2, 0.25) is 0 Å². The molecule has 1 amide bonds. The van der Waals surface area contributed by atoms with Gasteiger partial charge in [0.15, 0.2) is 0 Å². The number of rotatable bonds is 5. The van der Waals surface area contributed by atoms with Gasteiger partial charge in [0, 0.05) is 38.3 Å². The number of hydrogen-bond donors (Lipinski definition) is 1. The third-order valence-corrected chi connectivity index (χ3v) is 5.30. The Labute approximate surface area is 165 Å². The van der Waals surface area contributed by atoms with Gasteiger partial charge in [0.1, 0.15) is 5.82 Å². The van der Waals surface area contributed by atoms with E-state index < -0.39 is 0 Å². The molecule has 0 aliphatic heterocycles. The van der Waals surface area contributed by atoms with Crippen molar-refractivity contribution in [2.45, 2.75) is 31.6 Å². The summed E-state index contributed by atoms with van der Waals surface area (Å²) in [7, 11) is 1.93. The number of carbonyl (C=O) groups excluding carboxylic acids is 1. The van der Waals surface area contributed by atoms with Gasteiger partial charge in [0.25, 0.3) is 0 Å². The van der Waals surface area contributed by atoms with E-state index in [0.29, 0.717) is 12.2 Å². The molecule has 0 bridgehead atoms. The Bertz CT molecular complexity index is 1120. The van der Waals surface area contributed by atoms with Crippen LogP contribution in [-0.4, -0.2) is 20.7 Å². The second-order valence-corrected chi connectivity index (χ2v) is 7.60. The molecule has 144 valence electrons. The van der Waals surface area contributed by atoms with Crippen LogP contribution < -0.4 is 15.8 Å². The summed E-state index contributed by atoms with van der Waals surface area (Å²) < 4.78 is 1.83. The van der Waals surface area contributed by atoms with Crippen LogP contribution >= 0.6 is 0 Å². The van der Waals surface area contributed by atoms with Gasteiger partial charge in [-0.2, -0.15) is 5.10 Å². The number of nitrogens with zero attached hydrogens (tertiary/aromatic N) is 3. The maximum Gasteiger partial charge on any atom is 0.225 e. The largest absolute Gasteiger partial charge is 0.311 e. The van der Waals surface area contributed by atoms with Crippen molar-refractivity contribution in [3.63, 3.8) is 0 Å². The molecule has 1 aliphatic rings. The summed E-state index contributed by atoms with van der Waals surface area (Å²) in [6.45, 7) is 2.21. The normalized spacial score (nSPS) is 17.9. The number of amides is 1. The van der Waals surface area contributed by atoms with Crippen molar-refractivity contribution in [1.29, 1.82) is 0 Å². The Morgan fingerprint density at radius 2 is 2.07 bits per heavy atom. The first-order valence-electron chi connectivity index (χ1n) is 9.54. The minimum Gasteiger partial charge on any atom is -0.311 e. The van der Waals surface area contributed by atoms with Crippen molar-refractivity contribution in [3.8, 4) is 0 Å². The summed E-state index contributed by atoms with van der Waals surface area (Å²) in [6, 6.07) is 12.0. The number of fused-ring (bicyclic) bond motifs is 1. The number of aromatic nitrogens is 3. The number of carbonyl (C=O) groups is 1. The fourth-order valence-electron chi connectivity index (χ4n) is 3.59. The molecular weight excluding hydrogens is 348 g/mol. The molecule has 5 nitrogen and oxygen atoms in total. The van der Waals surface area contributed by atoms with Gasteiger partial charge >= 0.3 is 0 Å². The van der Waals surface area contributed by atoms with Crippen LogP contribution in [0.25, 0.3) is 12.2 Å². The van der Waals surface area contributed by atoms with E-state index >= 15 is 0 Å². The van der Waals surface area contributed by atoms with Gasteiger partial charge in [-0.15, -0.1) is 0 Å². The molecule has 4 rings (SSSR count). The predicted molar refractivity (Wildman–Crippen MR) is 113 cm³/mol. The van der Waals surface area contributed by atoms with Crippen LogP contribution in [0.15, 0.2) is 55.0 Å². The van der Waals surface area contributed by atoms with E-state index in [2.05, 4.69) is 40.7 Å². The van der Waals surface area contributed by atoms with Crippen LogP contribution in [0.1, 0.15) is 32.3 Å². The van der Waals surface area contributed by atoms with Gasteiger partial charge in [-0.05, 0) is 34.9 Å². The molecule has 5 heteroatoms. The smallest absolute Gasteiger partial charge is 0.225 e. The highest BCUT2D eigenvalue weighted by molar-refractivity contribution is 5.89. The van der Waals surface area contributed by atoms with E-state index in [1.54, 1.807) is 0 Å². The summed E-state index contributed by atoms with van der Waals surface area (Å²) in [4.78, 5) is 16.7. The van der Waals surface area contributed by atoms with Gasteiger partial charge in [-0.3, -0.25) is 9.48 Å². The molecular formula is C23H26N4O. The molecule has 1 unspecified atom stereocenters. The Balaban J connectivity index is 0.00000240. The lowest BCUT2D eigenvalue weighted by molar-refractivity contribution is -0.116. The summed E-state index contributed by atoms with van der Waals surface area (Å²) in [5.74, 6) is 0.572. The van der Waals surface area contributed by atoms with Crippen molar-refractivity contribution >= 4 is 23.9 Å². The molecule has 3 aromatic rings. The third kappa shape index (κ3) is 3.88. The monoisotopic (exact) mass is 374 g/mol. The van der Waals surface area contributed by atoms with Crippen molar-refractivity contribution in [3.05, 3.63) is 76.6 Å². The minimum absolute atomic E-state index is 0. The first kappa shape index (κ1) is 18.2. The lowest BCUT2D eigenvalue weighted by Gasteiger charge is -2.25. The van der Waals surface area contributed by atoms with E-state index in [1.807, 2.05) is 60.5 Å². The molecule has 1 aliphatic carbocycles. The molecule has 0 saturated carbocycles. The number of hydrogen-bond acceptors (Lipinski definition) is 3. The zero-order chi connectivity index (χ0) is 19.6. The molecule has 0 fully saturated rings. The first-order valence-corrected chi connectivity index (χ1v) is 9.54. The highest BCUT2D eigenvalue weighted by Gasteiger charge is 2.26. The maximum atomic E-state index is 12.3. The Hall–Kier alpha value is -3.21. The van der Waals surface area contributed by atoms with Crippen molar-refractivity contribution in [2.24, 2.45) is 7.05 Å². The van der Waals surface area contributed by atoms with E-state index in [9.17, 15) is 4.79 Å². The SMILES string of the molecule is Cn1cc(C2(C)C=c3cc(NC(=O)CCc4ccccc4)ncc3=CC2)cn1.[HH]. The van der Waals surface area contributed by atoms with Crippen LogP contribution in [0.3, 0.4) is 0 Å². The molecule has 28 heavy (non-hydrogen) atoms. The number of anilines is 1. The van der Waals surface area contributed by atoms with Crippen LogP contribution in [0, 0.1) is 0 Å². The van der Waals surface area contributed by atoms with Crippen LogP contribution in [-0.2, 0) is 23.7 Å². The number of benzene rings is 1. The van der Waals surface area contributed by atoms with E-state index in [0.717, 1.165) is 28.8 Å². The average Bonchev–Trinajstić information content (AvgIpc) is 3.14. The second kappa shape index (κ2) is 7.43. The highest BCUT2D eigenvalue weighted by Crippen LogP contribution is 2.30. The zero-order valence-corrected chi connectivity index (χ0v) is 16.2. The van der Waals surface area contributed by atoms with Crippen LogP contribution in [0.4, 0.5) is 5.82 Å². The molecule has 1 N–H and O–H groups in total. The van der Waals surface area contributed by atoms with Gasteiger partial charge in [-0.25, -0.2) is 4.98 Å². The highest BCUT2D eigenvalue weighted by atomic mass is 16.1. The Morgan fingerprint density at radius 3 is 2.82 bits per heavy atom. The fourth-order valence-corrected chi connectivity index (χ4v) is 3.59. The van der Waals surface area contributed by atoms with Crippen molar-refractivity contribution < 1.29 is 6.22 Å². The summed E-state index contributed by atoms with van der Waals surface area (Å²) in [6.07, 6.45) is 12.3. The summed E-state index contributed by atoms with van der Waals surface area (Å²) >= 11 is 0. The van der Waals surface area contributed by atoms with E-state index in [4.69, 9.17) is 0 Å². The Morgan fingerprint density at radius 1 is 1.25 bits per heavy atom. The minimum atomic E-state index is -0.114. The third-order valence-electron chi connectivity index (χ3n) is 5.30. The lowest BCUT2D eigenvalue weighted by Crippen LogP contribution is -2.35. The second-order valence-electron chi connectivity index (χ2n) is 7.60. The summed E-state index contributed by atoms with van der Waals surface area (Å²) in [5.41, 5.74) is 2.23. The lowest BCUT2D eigenvalue weighted by atomic mass is 9.78. The van der Waals surface area contributed by atoms with Crippen LogP contribution in [0.5, 0.6) is 0 Å². The topological polar surface area (TPSA) is 59.8 Å². The average molecular weight is 374 g/mol. The molecule has 1 atom stereocenters.